The number of aldehydes is 1. The number of aromatic hydroxyl groups is 1. The van der Waals surface area contributed by atoms with Crippen LogP contribution in [0, 0.1) is 5.82 Å². The molecular weight excluding hydrogens is 391 g/mol. The summed E-state index contributed by atoms with van der Waals surface area (Å²) in [4.78, 5) is 24.3. The molecular formula is C23H17FO6. The summed E-state index contributed by atoms with van der Waals surface area (Å²) in [5.41, 5.74) is 3.01. The van der Waals surface area contributed by atoms with Crippen LogP contribution in [0.1, 0.15) is 26.3 Å². The third-order valence-corrected chi connectivity index (χ3v) is 5.03. The molecule has 0 amide bonds. The fourth-order valence-electron chi connectivity index (χ4n) is 3.59. The largest absolute Gasteiger partial charge is 0.504 e. The molecule has 1 heterocycles. The molecule has 1 aliphatic rings. The first kappa shape index (κ1) is 19.4. The topological polar surface area (TPSA) is 82.1 Å². The Morgan fingerprint density at radius 2 is 1.87 bits per heavy atom. The maximum atomic E-state index is 13.9. The highest BCUT2D eigenvalue weighted by molar-refractivity contribution is 6.02. The normalized spacial score (nSPS) is 11.7. The molecule has 0 unspecified atom stereocenters. The molecule has 3 aromatic rings. The van der Waals surface area contributed by atoms with Crippen LogP contribution in [0.4, 0.5) is 4.39 Å². The van der Waals surface area contributed by atoms with Crippen molar-refractivity contribution in [3.63, 3.8) is 0 Å². The molecule has 0 spiro atoms. The number of fused-ring (bicyclic) bond motifs is 3. The van der Waals surface area contributed by atoms with Crippen LogP contribution in [-0.4, -0.2) is 31.6 Å². The van der Waals surface area contributed by atoms with Gasteiger partial charge in [0.1, 0.15) is 18.2 Å². The molecule has 1 N–H and O–H groups in total. The van der Waals surface area contributed by atoms with E-state index in [2.05, 4.69) is 0 Å². The fourth-order valence-corrected chi connectivity index (χ4v) is 3.59. The van der Waals surface area contributed by atoms with Gasteiger partial charge < -0.3 is 19.3 Å². The van der Waals surface area contributed by atoms with E-state index in [1.54, 1.807) is 12.1 Å². The van der Waals surface area contributed by atoms with Gasteiger partial charge in [-0.3, -0.25) is 4.79 Å². The second kappa shape index (κ2) is 7.51. The Balaban J connectivity index is 2.01. The van der Waals surface area contributed by atoms with Gasteiger partial charge in [0, 0.05) is 11.1 Å². The number of halogens is 1. The van der Waals surface area contributed by atoms with E-state index in [1.807, 2.05) is 0 Å². The summed E-state index contributed by atoms with van der Waals surface area (Å²) in [5.74, 6) is -0.602. The first-order valence-electron chi connectivity index (χ1n) is 9.01. The van der Waals surface area contributed by atoms with Crippen molar-refractivity contribution in [2.24, 2.45) is 0 Å². The molecule has 0 fully saturated rings. The van der Waals surface area contributed by atoms with E-state index in [1.165, 1.54) is 44.6 Å². The molecule has 6 nitrogen and oxygen atoms in total. The molecule has 7 heteroatoms. The van der Waals surface area contributed by atoms with Crippen molar-refractivity contribution in [2.45, 2.75) is 6.61 Å². The molecule has 0 radical (unpaired) electrons. The molecule has 0 saturated carbocycles. The van der Waals surface area contributed by atoms with Gasteiger partial charge in [-0.2, -0.15) is 0 Å². The number of carbonyl (C=O) groups excluding carboxylic acids is 2. The lowest BCUT2D eigenvalue weighted by molar-refractivity contribution is 0.0601. The summed E-state index contributed by atoms with van der Waals surface area (Å²) >= 11 is 0. The van der Waals surface area contributed by atoms with Crippen molar-refractivity contribution < 1.29 is 33.3 Å². The van der Waals surface area contributed by atoms with Gasteiger partial charge in [0.05, 0.1) is 19.8 Å². The minimum Gasteiger partial charge on any atom is -0.504 e. The molecule has 0 aliphatic carbocycles. The van der Waals surface area contributed by atoms with Gasteiger partial charge in [-0.1, -0.05) is 0 Å². The summed E-state index contributed by atoms with van der Waals surface area (Å²) in [6.45, 7) is 0.202. The van der Waals surface area contributed by atoms with Crippen LogP contribution in [-0.2, 0) is 11.3 Å². The van der Waals surface area contributed by atoms with E-state index in [-0.39, 0.29) is 29.2 Å². The molecule has 1 aliphatic heterocycles. The predicted octanol–water partition coefficient (Wildman–Crippen LogP) is 4.37. The molecule has 152 valence electrons. The molecule has 0 atom stereocenters. The minimum atomic E-state index is -0.624. The van der Waals surface area contributed by atoms with Gasteiger partial charge in [-0.25, -0.2) is 9.18 Å². The third-order valence-electron chi connectivity index (χ3n) is 5.03. The lowest BCUT2D eigenvalue weighted by Crippen LogP contribution is -2.11. The van der Waals surface area contributed by atoms with E-state index in [0.717, 1.165) is 0 Å². The summed E-state index contributed by atoms with van der Waals surface area (Å²) in [7, 11) is 2.63. The zero-order valence-electron chi connectivity index (χ0n) is 16.2. The van der Waals surface area contributed by atoms with Crippen LogP contribution >= 0.6 is 0 Å². The predicted molar refractivity (Wildman–Crippen MR) is 107 cm³/mol. The molecule has 30 heavy (non-hydrogen) atoms. The van der Waals surface area contributed by atoms with Crippen molar-refractivity contribution in [1.29, 1.82) is 0 Å². The fraction of sp³-hybridized carbons (Fsp3) is 0.130. The standard InChI is InChI=1S/C23H17FO6/c1-28-22-9-16(12(10-25)6-20(22)26)17-5-13-11-30-21-4-3-14(24)7-18(21)15(13)8-19(17)23(27)29-2/h3-10,26H,11H2,1-2H3. The number of esters is 1. The Morgan fingerprint density at radius 1 is 1.07 bits per heavy atom. The van der Waals surface area contributed by atoms with Gasteiger partial charge >= 0.3 is 5.97 Å². The van der Waals surface area contributed by atoms with Crippen LogP contribution in [0.25, 0.3) is 22.3 Å². The maximum absolute atomic E-state index is 13.9. The van der Waals surface area contributed by atoms with Crippen LogP contribution in [0.5, 0.6) is 17.2 Å². The number of hydrogen-bond donors (Lipinski definition) is 1. The summed E-state index contributed by atoms with van der Waals surface area (Å²) in [6.07, 6.45) is 0.580. The molecule has 3 aromatic carbocycles. The van der Waals surface area contributed by atoms with Gasteiger partial charge in [0.2, 0.25) is 0 Å². The number of ether oxygens (including phenoxy) is 3. The Kier molecular flexibility index (Phi) is 4.87. The van der Waals surface area contributed by atoms with Crippen molar-refractivity contribution in [3.05, 3.63) is 65.0 Å². The monoisotopic (exact) mass is 408 g/mol. The summed E-state index contributed by atoms with van der Waals surface area (Å²) in [5, 5.41) is 10.0. The second-order valence-corrected chi connectivity index (χ2v) is 6.70. The van der Waals surface area contributed by atoms with Crippen molar-refractivity contribution in [2.75, 3.05) is 14.2 Å². The Bertz CT molecular complexity index is 1180. The summed E-state index contributed by atoms with van der Waals surface area (Å²) in [6, 6.07) is 10.2. The van der Waals surface area contributed by atoms with Crippen molar-refractivity contribution in [1.82, 2.24) is 0 Å². The second-order valence-electron chi connectivity index (χ2n) is 6.70. The lowest BCUT2D eigenvalue weighted by Gasteiger charge is -2.23. The van der Waals surface area contributed by atoms with E-state index in [9.17, 15) is 19.1 Å². The average molecular weight is 408 g/mol. The van der Waals surface area contributed by atoms with E-state index < -0.39 is 11.8 Å². The quantitative estimate of drug-likeness (QED) is 0.510. The Labute approximate surface area is 171 Å². The smallest absolute Gasteiger partial charge is 0.338 e. The molecule has 0 bridgehead atoms. The van der Waals surface area contributed by atoms with Crippen molar-refractivity contribution in [3.8, 4) is 39.5 Å². The van der Waals surface area contributed by atoms with Crippen LogP contribution in [0.15, 0.2) is 42.5 Å². The molecule has 0 saturated heterocycles. The van der Waals surface area contributed by atoms with Gasteiger partial charge in [-0.05, 0) is 64.7 Å². The molecule has 0 aromatic heterocycles. The Morgan fingerprint density at radius 3 is 2.57 bits per heavy atom. The number of rotatable bonds is 4. The number of benzene rings is 3. The first-order valence-corrected chi connectivity index (χ1v) is 9.01. The van der Waals surface area contributed by atoms with E-state index in [0.29, 0.717) is 39.9 Å². The van der Waals surface area contributed by atoms with E-state index >= 15 is 0 Å². The lowest BCUT2D eigenvalue weighted by atomic mass is 9.88. The first-order chi connectivity index (χ1) is 14.5. The highest BCUT2D eigenvalue weighted by atomic mass is 19.1. The van der Waals surface area contributed by atoms with Crippen LogP contribution in [0.3, 0.4) is 0 Å². The van der Waals surface area contributed by atoms with Gasteiger partial charge in [-0.15, -0.1) is 0 Å². The molecule has 4 rings (SSSR count). The van der Waals surface area contributed by atoms with Gasteiger partial charge in [0.15, 0.2) is 17.8 Å². The van der Waals surface area contributed by atoms with Gasteiger partial charge in [0.25, 0.3) is 0 Å². The Hall–Kier alpha value is -3.87. The number of carbonyl (C=O) groups is 2. The van der Waals surface area contributed by atoms with Crippen molar-refractivity contribution >= 4 is 12.3 Å². The zero-order chi connectivity index (χ0) is 21.4. The third kappa shape index (κ3) is 3.14. The average Bonchev–Trinajstić information content (AvgIpc) is 2.77. The maximum Gasteiger partial charge on any atom is 0.338 e. The van der Waals surface area contributed by atoms with E-state index in [4.69, 9.17) is 14.2 Å². The number of phenolic OH excluding ortho intramolecular Hbond substituents is 1. The van der Waals surface area contributed by atoms with Crippen LogP contribution in [0.2, 0.25) is 0 Å². The number of phenols is 1. The minimum absolute atomic E-state index is 0.146. The highest BCUT2D eigenvalue weighted by Gasteiger charge is 2.25. The SMILES string of the molecule is COC(=O)c1cc2c(cc1-c1cc(OC)c(O)cc1C=O)COc1ccc(F)cc1-2. The number of methoxy groups -OCH3 is 2. The zero-order valence-corrected chi connectivity index (χ0v) is 16.2. The number of hydrogen-bond acceptors (Lipinski definition) is 6. The highest BCUT2D eigenvalue weighted by Crippen LogP contribution is 2.43. The summed E-state index contributed by atoms with van der Waals surface area (Å²) < 4.78 is 29.7. The van der Waals surface area contributed by atoms with Crippen LogP contribution < -0.4 is 9.47 Å².